The number of aryl methyl sites for hydroxylation is 1. The highest BCUT2D eigenvalue weighted by Gasteiger charge is 2.22. The van der Waals surface area contributed by atoms with Crippen LogP contribution in [0.1, 0.15) is 17.4 Å². The number of morpholine rings is 1. The predicted molar refractivity (Wildman–Crippen MR) is 88.6 cm³/mol. The first-order valence-electron chi connectivity index (χ1n) is 7.41. The second kappa shape index (κ2) is 7.01. The van der Waals surface area contributed by atoms with E-state index in [9.17, 15) is 0 Å². The molecule has 0 N–H and O–H groups in total. The van der Waals surface area contributed by atoms with Crippen LogP contribution < -0.4 is 0 Å². The molecule has 2 heterocycles. The maximum Gasteiger partial charge on any atom is 0.0952 e. The summed E-state index contributed by atoms with van der Waals surface area (Å²) < 4.78 is 7.92. The Labute approximate surface area is 140 Å². The molecule has 1 saturated heterocycles. The van der Waals surface area contributed by atoms with Crippen molar-refractivity contribution in [3.05, 3.63) is 51.8 Å². The minimum atomic E-state index is 0.0437. The van der Waals surface area contributed by atoms with E-state index in [2.05, 4.69) is 16.9 Å². The molecule has 3 rings (SSSR count). The van der Waals surface area contributed by atoms with E-state index in [1.54, 1.807) is 0 Å². The molecule has 1 aromatic heterocycles. The molecule has 1 fully saturated rings. The Morgan fingerprint density at radius 2 is 2.09 bits per heavy atom. The van der Waals surface area contributed by atoms with Crippen molar-refractivity contribution in [2.75, 3.05) is 26.2 Å². The number of nitrogens with zero attached hydrogens (tertiary/aromatic N) is 3. The summed E-state index contributed by atoms with van der Waals surface area (Å²) in [6.45, 7) is 6.46. The Morgan fingerprint density at radius 3 is 2.82 bits per heavy atom. The maximum absolute atomic E-state index is 6.10. The predicted octanol–water partition coefficient (Wildman–Crippen LogP) is 3.57. The van der Waals surface area contributed by atoms with Crippen LogP contribution in [0.15, 0.2) is 30.5 Å². The van der Waals surface area contributed by atoms with Gasteiger partial charge in [-0.1, -0.05) is 29.3 Å². The van der Waals surface area contributed by atoms with Crippen LogP contribution in [-0.4, -0.2) is 40.9 Å². The molecule has 0 unspecified atom stereocenters. The van der Waals surface area contributed by atoms with Crippen molar-refractivity contribution in [2.24, 2.45) is 0 Å². The summed E-state index contributed by atoms with van der Waals surface area (Å²) in [6, 6.07) is 7.74. The summed E-state index contributed by atoms with van der Waals surface area (Å²) >= 11 is 12.1. The first kappa shape index (κ1) is 15.8. The van der Waals surface area contributed by atoms with Gasteiger partial charge in [0.15, 0.2) is 0 Å². The molecule has 0 aliphatic carbocycles. The Morgan fingerprint density at radius 1 is 1.23 bits per heavy atom. The van der Waals surface area contributed by atoms with E-state index in [1.165, 1.54) is 5.69 Å². The average molecular weight is 340 g/mol. The standard InChI is InChI=1S/C16H19Cl2N3O/c1-12-4-5-19-21(12)7-6-20-8-9-22-16(11-20)13-2-3-14(17)15(18)10-13/h2-5,10,16H,6-9,11H2,1H3/t16-/m0/s1. The highest BCUT2D eigenvalue weighted by atomic mass is 35.5. The number of halogens is 2. The van der Waals surface area contributed by atoms with Gasteiger partial charge in [-0.15, -0.1) is 0 Å². The molecule has 0 radical (unpaired) electrons. The van der Waals surface area contributed by atoms with Gasteiger partial charge < -0.3 is 4.74 Å². The molecule has 1 aliphatic heterocycles. The highest BCUT2D eigenvalue weighted by molar-refractivity contribution is 6.42. The Kier molecular flexibility index (Phi) is 5.03. The molecule has 1 aliphatic rings. The van der Waals surface area contributed by atoms with Crippen LogP contribution in [0.2, 0.25) is 10.0 Å². The third kappa shape index (κ3) is 3.63. The monoisotopic (exact) mass is 339 g/mol. The van der Waals surface area contributed by atoms with E-state index in [4.69, 9.17) is 27.9 Å². The zero-order chi connectivity index (χ0) is 15.5. The third-order valence-corrected chi connectivity index (χ3v) is 4.76. The molecule has 0 saturated carbocycles. The molecule has 118 valence electrons. The quantitative estimate of drug-likeness (QED) is 0.852. The van der Waals surface area contributed by atoms with Crippen molar-refractivity contribution in [1.82, 2.24) is 14.7 Å². The van der Waals surface area contributed by atoms with Gasteiger partial charge in [-0.3, -0.25) is 9.58 Å². The molecule has 0 amide bonds. The van der Waals surface area contributed by atoms with Crippen LogP contribution in [0.3, 0.4) is 0 Å². The van der Waals surface area contributed by atoms with Gasteiger partial charge in [-0.25, -0.2) is 0 Å². The summed E-state index contributed by atoms with van der Waals surface area (Å²) in [5.74, 6) is 0. The highest BCUT2D eigenvalue weighted by Crippen LogP contribution is 2.29. The maximum atomic E-state index is 6.10. The van der Waals surface area contributed by atoms with Crippen LogP contribution in [0.25, 0.3) is 0 Å². The van der Waals surface area contributed by atoms with Gasteiger partial charge in [0.2, 0.25) is 0 Å². The Hall–Kier alpha value is -1.07. The van der Waals surface area contributed by atoms with Crippen LogP contribution in [-0.2, 0) is 11.3 Å². The second-order valence-corrected chi connectivity index (χ2v) is 6.34. The van der Waals surface area contributed by atoms with E-state index in [-0.39, 0.29) is 6.10 Å². The number of rotatable bonds is 4. The van der Waals surface area contributed by atoms with E-state index in [0.29, 0.717) is 10.0 Å². The number of benzene rings is 1. The van der Waals surface area contributed by atoms with Crippen LogP contribution in [0.4, 0.5) is 0 Å². The number of hydrogen-bond acceptors (Lipinski definition) is 3. The van der Waals surface area contributed by atoms with E-state index in [0.717, 1.165) is 38.3 Å². The Balaban J connectivity index is 1.61. The van der Waals surface area contributed by atoms with Gasteiger partial charge in [-0.2, -0.15) is 5.10 Å². The van der Waals surface area contributed by atoms with Gasteiger partial charge in [-0.05, 0) is 30.7 Å². The van der Waals surface area contributed by atoms with E-state index in [1.807, 2.05) is 35.1 Å². The van der Waals surface area contributed by atoms with E-state index >= 15 is 0 Å². The van der Waals surface area contributed by atoms with Crippen LogP contribution >= 0.6 is 23.2 Å². The molecule has 0 spiro atoms. The van der Waals surface area contributed by atoms with Gasteiger partial charge in [0, 0.05) is 31.5 Å². The zero-order valence-corrected chi connectivity index (χ0v) is 14.0. The van der Waals surface area contributed by atoms with Crippen molar-refractivity contribution in [2.45, 2.75) is 19.6 Å². The fourth-order valence-electron chi connectivity index (χ4n) is 2.69. The van der Waals surface area contributed by atoms with Crippen molar-refractivity contribution >= 4 is 23.2 Å². The number of ether oxygens (including phenoxy) is 1. The lowest BCUT2D eigenvalue weighted by atomic mass is 10.1. The normalized spacial score (nSPS) is 19.5. The summed E-state index contributed by atoms with van der Waals surface area (Å²) in [7, 11) is 0. The molecule has 0 bridgehead atoms. The number of hydrogen-bond donors (Lipinski definition) is 0. The van der Waals surface area contributed by atoms with Gasteiger partial charge in [0.1, 0.15) is 0 Å². The second-order valence-electron chi connectivity index (χ2n) is 5.53. The van der Waals surface area contributed by atoms with Crippen molar-refractivity contribution < 1.29 is 4.74 Å². The number of aromatic nitrogens is 2. The van der Waals surface area contributed by atoms with Crippen molar-refractivity contribution in [3.63, 3.8) is 0 Å². The molecule has 22 heavy (non-hydrogen) atoms. The lowest BCUT2D eigenvalue weighted by Gasteiger charge is -2.33. The minimum Gasteiger partial charge on any atom is -0.371 e. The average Bonchev–Trinajstić information content (AvgIpc) is 2.93. The summed E-state index contributed by atoms with van der Waals surface area (Å²) in [4.78, 5) is 2.40. The SMILES string of the molecule is Cc1ccnn1CCN1CCO[C@H](c2ccc(Cl)c(Cl)c2)C1. The molecular formula is C16H19Cl2N3O. The van der Waals surface area contributed by atoms with E-state index < -0.39 is 0 Å². The fraction of sp³-hybridized carbons (Fsp3) is 0.438. The first-order valence-corrected chi connectivity index (χ1v) is 8.16. The zero-order valence-electron chi connectivity index (χ0n) is 12.5. The van der Waals surface area contributed by atoms with Crippen LogP contribution in [0.5, 0.6) is 0 Å². The molecule has 6 heteroatoms. The van der Waals surface area contributed by atoms with Gasteiger partial charge >= 0.3 is 0 Å². The van der Waals surface area contributed by atoms with Gasteiger partial charge in [0.05, 0.1) is 29.3 Å². The summed E-state index contributed by atoms with van der Waals surface area (Å²) in [6.07, 6.45) is 1.88. The molecular weight excluding hydrogens is 321 g/mol. The largest absolute Gasteiger partial charge is 0.371 e. The van der Waals surface area contributed by atoms with Gasteiger partial charge in [0.25, 0.3) is 0 Å². The fourth-order valence-corrected chi connectivity index (χ4v) is 3.00. The smallest absolute Gasteiger partial charge is 0.0952 e. The lowest BCUT2D eigenvalue weighted by molar-refractivity contribution is -0.0311. The molecule has 4 nitrogen and oxygen atoms in total. The lowest BCUT2D eigenvalue weighted by Crippen LogP contribution is -2.40. The molecule has 2 aromatic rings. The van der Waals surface area contributed by atoms with Crippen LogP contribution in [0, 0.1) is 6.92 Å². The minimum absolute atomic E-state index is 0.0437. The van der Waals surface area contributed by atoms with Crippen molar-refractivity contribution in [1.29, 1.82) is 0 Å². The Bertz CT molecular complexity index is 644. The molecule has 1 aromatic carbocycles. The molecule has 1 atom stereocenters. The van der Waals surface area contributed by atoms with Crippen molar-refractivity contribution in [3.8, 4) is 0 Å². The first-order chi connectivity index (χ1) is 10.6. The summed E-state index contributed by atoms with van der Waals surface area (Å²) in [5.41, 5.74) is 2.27. The summed E-state index contributed by atoms with van der Waals surface area (Å²) in [5, 5.41) is 5.48. The third-order valence-electron chi connectivity index (χ3n) is 4.02. The topological polar surface area (TPSA) is 30.3 Å².